The largest absolute Gasteiger partial charge is 0.449 e. The van der Waals surface area contributed by atoms with Crippen LogP contribution in [0.25, 0.3) is 22.3 Å². The van der Waals surface area contributed by atoms with E-state index >= 15 is 0 Å². The molecular weight excluding hydrogens is 842 g/mol. The molecule has 0 bridgehead atoms. The monoisotopic (exact) mass is 904 g/mol. The molecule has 1 aliphatic carbocycles. The summed E-state index contributed by atoms with van der Waals surface area (Å²) in [7, 11) is 1.19. The Balaban J connectivity index is 0.00000234. The van der Waals surface area contributed by atoms with Crippen LogP contribution in [0.2, 0.25) is 0 Å². The summed E-state index contributed by atoms with van der Waals surface area (Å²) in [4.78, 5) is 38.8. The van der Waals surface area contributed by atoms with Crippen LogP contribution in [0.4, 0.5) is 10.6 Å². The molecule has 3 heterocycles. The van der Waals surface area contributed by atoms with Gasteiger partial charge in [0.05, 0.1) is 45.5 Å². The second kappa shape index (κ2) is 23.8. The highest BCUT2D eigenvalue weighted by Gasteiger charge is 2.48. The number of methoxy groups -OCH3 is 1. The molecule has 1 fully saturated rings. The molecule has 2 aliphatic rings. The number of alkyl carbamates (subject to hydrolysis) is 1. The smallest absolute Gasteiger partial charge is 0.407 e. The number of hydrogen-bond acceptors (Lipinski definition) is 14. The van der Waals surface area contributed by atoms with Crippen molar-refractivity contribution in [2.75, 3.05) is 65.7 Å². The molecule has 2 aromatic heterocycles. The molecule has 344 valence electrons. The van der Waals surface area contributed by atoms with E-state index in [0.717, 1.165) is 11.1 Å². The highest BCUT2D eigenvalue weighted by Crippen LogP contribution is 2.50. The zero-order chi connectivity index (χ0) is 47.0. The Bertz CT molecular complexity index is 2240. The average Bonchev–Trinajstić information content (AvgIpc) is 4.01. The maximum absolute atomic E-state index is 13.0. The Morgan fingerprint density at radius 2 is 1.55 bits per heavy atom. The van der Waals surface area contributed by atoms with Gasteiger partial charge < -0.3 is 48.5 Å². The third-order valence-electron chi connectivity index (χ3n) is 10.6. The minimum Gasteiger partial charge on any atom is -0.449 e. The number of rotatable bonds is 21. The minimum atomic E-state index is -1.67. The zero-order valence-electron chi connectivity index (χ0n) is 39.1. The first-order valence-corrected chi connectivity index (χ1v) is 22.4. The van der Waals surface area contributed by atoms with Crippen LogP contribution in [-0.2, 0) is 32.7 Å². The number of aromatic nitrogens is 4. The first-order valence-electron chi connectivity index (χ1n) is 22.4. The van der Waals surface area contributed by atoms with Gasteiger partial charge in [-0.2, -0.15) is 0 Å². The summed E-state index contributed by atoms with van der Waals surface area (Å²) in [5.74, 6) is -0.0789. The fourth-order valence-corrected chi connectivity index (χ4v) is 9.56. The lowest BCUT2D eigenvalue weighted by atomic mass is 9.98. The second-order valence-electron chi connectivity index (χ2n) is 15.3. The molecule has 5 aromatic rings. The molecule has 1 saturated heterocycles. The van der Waals surface area contributed by atoms with Gasteiger partial charge in [0.15, 0.2) is 23.2 Å². The molecule has 64 heavy (non-hydrogen) atoms. The molecule has 0 radical (unpaired) electrons. The maximum atomic E-state index is 13.0. The average molecular weight is 905 g/mol. The highest BCUT2D eigenvalue weighted by atomic mass is 31.2. The molecule has 2 amide bonds. The lowest BCUT2D eigenvalue weighted by Crippen LogP contribution is -2.39. The van der Waals surface area contributed by atoms with Crippen LogP contribution in [0, 0.1) is 0 Å². The number of carbonyl (C=O) groups excluding carboxylic acids is 2. The van der Waals surface area contributed by atoms with Crippen molar-refractivity contribution < 1.29 is 48.8 Å². The number of ether oxygens (including phenoxy) is 5. The number of nitrogens with one attached hydrogen (secondary N) is 2. The van der Waals surface area contributed by atoms with Crippen LogP contribution in [0.3, 0.4) is 0 Å². The maximum Gasteiger partial charge on any atom is 0.407 e. The van der Waals surface area contributed by atoms with Crippen molar-refractivity contribution in [1.82, 2.24) is 29.5 Å². The first-order chi connectivity index (χ1) is 32.1. The normalized spacial score (nSPS) is 18.9. The molecular formula is C46H60N7O10P. The second-order valence-corrected chi connectivity index (χ2v) is 16.7. The van der Waals surface area contributed by atoms with Crippen molar-refractivity contribution in [1.29, 1.82) is 1.43 Å². The molecule has 7 rings (SSSR count). The molecule has 3 aromatic carbocycles. The molecule has 1 aliphatic heterocycles. The fraction of sp³-hybridized carbons (Fsp3) is 0.457. The van der Waals surface area contributed by atoms with Crippen LogP contribution in [0.15, 0.2) is 91.5 Å². The standard InChI is InChI=1S/C45H56N7O9P.CH4O/c1-29(2)52(30(3)4)62(59-25-24-57-23-22-56-21-20-46-45(54)58-26-37-35-18-12-10-16-33(35)34-17-11-13-19-36(34)37)61-39-31(5)60-44(40(39)55-6)51-28-49-38-41(47-27-48-42(38)51)50-43(53)32-14-8-7-9-15-32;1-2/h7-19,27-31,37,39-40,44H,20-26H2,1-6H3,(H,46,54)(H,47,48,50,53);2H,1H3/i5D;2T. The number of nitrogens with zero attached hydrogens (tertiary/aromatic N) is 5. The number of benzene rings is 3. The minimum absolute atomic E-state index is 0.00234. The van der Waals surface area contributed by atoms with E-state index in [1.54, 1.807) is 42.3 Å². The van der Waals surface area contributed by atoms with Gasteiger partial charge in [-0.25, -0.2) is 24.4 Å². The van der Waals surface area contributed by atoms with E-state index in [4.69, 9.17) is 35.5 Å². The van der Waals surface area contributed by atoms with Gasteiger partial charge in [-0.05, 0) is 69.0 Å². The molecule has 0 spiro atoms. The predicted molar refractivity (Wildman–Crippen MR) is 243 cm³/mol. The van der Waals surface area contributed by atoms with Crippen LogP contribution in [0.1, 0.15) is 69.6 Å². The number of aliphatic hydroxyl groups excluding tert-OH is 1. The Labute approximate surface area is 378 Å². The van der Waals surface area contributed by atoms with Gasteiger partial charge in [-0.1, -0.05) is 66.7 Å². The summed E-state index contributed by atoms with van der Waals surface area (Å²) in [6.07, 6.45) is -0.348. The molecule has 3 N–H and O–H groups in total. The quantitative estimate of drug-likeness (QED) is 0.0507. The Kier molecular flexibility index (Phi) is 17.0. The SMILES string of the molecule is [2H]CC1OC(n2cnc3c(NC(=O)c4ccccc4)ncnc32)C(OC)C1OP(OCCOCCOCCNC(=O)OCC1c2ccccc2-c2ccccc21)N(C(C)C)C(C)C.[3H]OC. The number of hydrogen-bond donors (Lipinski definition) is 3. The van der Waals surface area contributed by atoms with Crippen LogP contribution < -0.4 is 10.6 Å². The van der Waals surface area contributed by atoms with E-state index in [-0.39, 0.29) is 56.4 Å². The van der Waals surface area contributed by atoms with Gasteiger partial charge in [-0.3, -0.25) is 9.36 Å². The summed E-state index contributed by atoms with van der Waals surface area (Å²) < 4.78 is 60.8. The van der Waals surface area contributed by atoms with E-state index in [2.05, 4.69) is 87.3 Å². The predicted octanol–water partition coefficient (Wildman–Crippen LogP) is 6.94. The number of carbonyl (C=O) groups is 2. The van der Waals surface area contributed by atoms with E-state index in [1.165, 1.54) is 24.6 Å². The van der Waals surface area contributed by atoms with Gasteiger partial charge in [0.25, 0.3) is 14.4 Å². The number of anilines is 1. The van der Waals surface area contributed by atoms with Crippen molar-refractivity contribution in [3.63, 3.8) is 0 Å². The number of amides is 2. The first kappa shape index (κ1) is 45.6. The van der Waals surface area contributed by atoms with Gasteiger partial charge in [0.1, 0.15) is 25.1 Å². The summed E-state index contributed by atoms with van der Waals surface area (Å²) >= 11 is 0. The number of aliphatic hydroxyl groups is 1. The Hall–Kier alpha value is -4.94. The summed E-state index contributed by atoms with van der Waals surface area (Å²) in [5, 5.41) is 9.10. The van der Waals surface area contributed by atoms with Crippen molar-refractivity contribution in [2.45, 2.75) is 77.1 Å². The third kappa shape index (κ3) is 11.7. The van der Waals surface area contributed by atoms with Crippen molar-refractivity contribution in [3.8, 4) is 11.1 Å². The topological polar surface area (TPSA) is 190 Å². The molecule has 5 unspecified atom stereocenters. The van der Waals surface area contributed by atoms with Crippen LogP contribution in [0.5, 0.6) is 0 Å². The highest BCUT2D eigenvalue weighted by molar-refractivity contribution is 7.44. The summed E-state index contributed by atoms with van der Waals surface area (Å²) in [6.45, 7) is 10.3. The van der Waals surface area contributed by atoms with E-state index in [0.29, 0.717) is 43.1 Å². The molecule has 18 heteroatoms. The summed E-state index contributed by atoms with van der Waals surface area (Å²) in [6, 6.07) is 25.4. The molecule has 17 nitrogen and oxygen atoms in total. The van der Waals surface area contributed by atoms with Crippen LogP contribution in [-0.4, -0.2) is 134 Å². The van der Waals surface area contributed by atoms with E-state index in [1.807, 2.05) is 30.3 Å². The van der Waals surface area contributed by atoms with Gasteiger partial charge in [-0.15, -0.1) is 0 Å². The van der Waals surface area contributed by atoms with Crippen molar-refractivity contribution in [3.05, 3.63) is 108 Å². The number of imidazole rings is 1. The van der Waals surface area contributed by atoms with Gasteiger partial charge >= 0.3 is 6.09 Å². The molecule has 5 atom stereocenters. The van der Waals surface area contributed by atoms with E-state index in [9.17, 15) is 9.59 Å². The fourth-order valence-electron chi connectivity index (χ4n) is 7.81. The van der Waals surface area contributed by atoms with Crippen LogP contribution >= 0.6 is 8.53 Å². The zero-order valence-corrected chi connectivity index (χ0v) is 38.0. The van der Waals surface area contributed by atoms with Crippen molar-refractivity contribution >= 4 is 37.5 Å². The Morgan fingerprint density at radius 3 is 2.20 bits per heavy atom. The Morgan fingerprint density at radius 1 is 0.906 bits per heavy atom. The van der Waals surface area contributed by atoms with Gasteiger partial charge in [0, 0.05) is 45.7 Å². The summed E-state index contributed by atoms with van der Waals surface area (Å²) in [5.41, 5.74) is 5.96. The number of fused-ring (bicyclic) bond motifs is 4. The molecule has 0 saturated carbocycles. The lowest BCUT2D eigenvalue weighted by molar-refractivity contribution is -0.0467. The van der Waals surface area contributed by atoms with E-state index < -0.39 is 39.2 Å². The third-order valence-corrected chi connectivity index (χ3v) is 12.7. The lowest BCUT2D eigenvalue weighted by Gasteiger charge is -2.38. The van der Waals surface area contributed by atoms with Gasteiger partial charge in [0.2, 0.25) is 1.43 Å². The van der Waals surface area contributed by atoms with Crippen molar-refractivity contribution in [2.24, 2.45) is 0 Å².